The molecule has 0 bridgehead atoms. The Kier molecular flexibility index (Phi) is 4.86. The van der Waals surface area contributed by atoms with Crippen LogP contribution in [0.15, 0.2) is 36.9 Å². The van der Waals surface area contributed by atoms with E-state index >= 15 is 0 Å². The largest absolute Gasteiger partial charge is 0.467 e. The van der Waals surface area contributed by atoms with Crippen molar-refractivity contribution in [1.82, 2.24) is 34.3 Å². The number of hydrogen-bond donors (Lipinski definition) is 0. The first-order chi connectivity index (χ1) is 15.2. The van der Waals surface area contributed by atoms with Gasteiger partial charge in [0.2, 0.25) is 0 Å². The minimum Gasteiger partial charge on any atom is -0.467 e. The minimum atomic E-state index is 0.294. The SMILES string of the molecule is COCc1nnc2n1Cc1c(C#Cc3cnc(OC)nc3)ncn1-c1ccc(Cl)cc1-2. The van der Waals surface area contributed by atoms with E-state index in [0.29, 0.717) is 41.3 Å². The van der Waals surface area contributed by atoms with Crippen LogP contribution in [0, 0.1) is 11.8 Å². The van der Waals surface area contributed by atoms with Gasteiger partial charge in [0.15, 0.2) is 11.6 Å². The molecule has 9 nitrogen and oxygen atoms in total. The number of aromatic nitrogens is 7. The van der Waals surface area contributed by atoms with Gasteiger partial charge in [-0.15, -0.1) is 10.2 Å². The van der Waals surface area contributed by atoms with Crippen molar-refractivity contribution in [1.29, 1.82) is 0 Å². The maximum atomic E-state index is 6.29. The highest BCUT2D eigenvalue weighted by molar-refractivity contribution is 6.31. The van der Waals surface area contributed by atoms with E-state index in [0.717, 1.165) is 22.8 Å². The van der Waals surface area contributed by atoms with Crippen LogP contribution in [-0.4, -0.2) is 48.5 Å². The van der Waals surface area contributed by atoms with Gasteiger partial charge < -0.3 is 14.0 Å². The summed E-state index contributed by atoms with van der Waals surface area (Å²) in [6, 6.07) is 5.95. The Hall–Kier alpha value is -3.74. The number of ether oxygens (including phenoxy) is 2. The summed E-state index contributed by atoms with van der Waals surface area (Å²) in [6.07, 6.45) is 4.98. The lowest BCUT2D eigenvalue weighted by Crippen LogP contribution is -2.09. The first-order valence-electron chi connectivity index (χ1n) is 9.33. The van der Waals surface area contributed by atoms with Gasteiger partial charge in [-0.2, -0.15) is 0 Å². The summed E-state index contributed by atoms with van der Waals surface area (Å²) in [7, 11) is 3.14. The van der Waals surface area contributed by atoms with Crippen LogP contribution in [0.5, 0.6) is 6.01 Å². The van der Waals surface area contributed by atoms with E-state index in [1.807, 2.05) is 27.3 Å². The van der Waals surface area contributed by atoms with Gasteiger partial charge in [0.1, 0.15) is 18.6 Å². The summed E-state index contributed by atoms with van der Waals surface area (Å²) in [5.41, 5.74) is 3.97. The molecule has 0 saturated heterocycles. The number of benzene rings is 1. The lowest BCUT2D eigenvalue weighted by atomic mass is 10.1. The highest BCUT2D eigenvalue weighted by Crippen LogP contribution is 2.34. The van der Waals surface area contributed by atoms with Gasteiger partial charge in [-0.1, -0.05) is 17.5 Å². The third kappa shape index (κ3) is 3.42. The smallest absolute Gasteiger partial charge is 0.316 e. The van der Waals surface area contributed by atoms with Crippen molar-refractivity contribution >= 4 is 11.6 Å². The average Bonchev–Trinajstić information content (AvgIpc) is 3.34. The standard InChI is InChI=1S/C21H16ClN7O2/c1-30-11-19-26-27-20-15-7-14(22)4-6-17(15)29-12-25-16(18(29)10-28(19)20)5-3-13-8-23-21(31-2)24-9-13/h4,6-9,12H,10-11H2,1-2H3. The predicted octanol–water partition coefficient (Wildman–Crippen LogP) is 2.49. The lowest BCUT2D eigenvalue weighted by Gasteiger charge is -2.08. The number of fused-ring (bicyclic) bond motifs is 5. The van der Waals surface area contributed by atoms with Gasteiger partial charge in [0, 0.05) is 30.1 Å². The molecule has 0 fully saturated rings. The van der Waals surface area contributed by atoms with E-state index in [1.165, 1.54) is 7.11 Å². The maximum Gasteiger partial charge on any atom is 0.316 e. The topological polar surface area (TPSA) is 92.8 Å². The van der Waals surface area contributed by atoms with Crippen LogP contribution in [0.25, 0.3) is 17.1 Å². The second kappa shape index (κ2) is 7.83. The van der Waals surface area contributed by atoms with Gasteiger partial charge in [-0.3, -0.25) is 4.57 Å². The molecule has 31 heavy (non-hydrogen) atoms. The number of nitrogens with zero attached hydrogens (tertiary/aromatic N) is 7. The molecule has 5 rings (SSSR count). The Balaban J connectivity index is 1.64. The van der Waals surface area contributed by atoms with Crippen LogP contribution in [0.2, 0.25) is 5.02 Å². The molecule has 0 atom stereocenters. The molecule has 0 N–H and O–H groups in total. The number of halogens is 1. The predicted molar refractivity (Wildman–Crippen MR) is 112 cm³/mol. The summed E-state index contributed by atoms with van der Waals surface area (Å²) in [6.45, 7) is 0.817. The molecule has 4 aromatic rings. The third-order valence-corrected chi connectivity index (χ3v) is 5.11. The molecule has 154 valence electrons. The van der Waals surface area contributed by atoms with Crippen molar-refractivity contribution in [3.8, 4) is 34.9 Å². The fourth-order valence-electron chi connectivity index (χ4n) is 3.44. The molecule has 3 aromatic heterocycles. The lowest BCUT2D eigenvalue weighted by molar-refractivity contribution is 0.174. The van der Waals surface area contributed by atoms with Crippen LogP contribution in [0.1, 0.15) is 22.8 Å². The summed E-state index contributed by atoms with van der Waals surface area (Å²) in [5, 5.41) is 9.32. The van der Waals surface area contributed by atoms with E-state index in [4.69, 9.17) is 21.1 Å². The summed E-state index contributed by atoms with van der Waals surface area (Å²) < 4.78 is 14.3. The zero-order chi connectivity index (χ0) is 21.4. The first kappa shape index (κ1) is 19.2. The fourth-order valence-corrected chi connectivity index (χ4v) is 3.61. The van der Waals surface area contributed by atoms with Crippen LogP contribution < -0.4 is 4.74 Å². The second-order valence-corrected chi connectivity index (χ2v) is 7.18. The second-order valence-electron chi connectivity index (χ2n) is 6.74. The van der Waals surface area contributed by atoms with Crippen molar-refractivity contribution in [3.05, 3.63) is 64.7 Å². The molecule has 10 heteroatoms. The molecule has 0 amide bonds. The van der Waals surface area contributed by atoms with Crippen molar-refractivity contribution in [2.24, 2.45) is 0 Å². The minimum absolute atomic E-state index is 0.294. The molecule has 1 aromatic carbocycles. The van der Waals surface area contributed by atoms with Crippen LogP contribution >= 0.6 is 11.6 Å². The van der Waals surface area contributed by atoms with Crippen LogP contribution in [0.4, 0.5) is 0 Å². The molecule has 0 saturated carbocycles. The Morgan fingerprint density at radius 3 is 2.71 bits per heavy atom. The van der Waals surface area contributed by atoms with Crippen molar-refractivity contribution in [3.63, 3.8) is 0 Å². The molecule has 0 radical (unpaired) electrons. The first-order valence-corrected chi connectivity index (χ1v) is 9.71. The zero-order valence-corrected chi connectivity index (χ0v) is 17.5. The Labute approximate surface area is 182 Å². The van der Waals surface area contributed by atoms with E-state index < -0.39 is 0 Å². The van der Waals surface area contributed by atoms with Crippen molar-refractivity contribution in [2.75, 3.05) is 14.2 Å². The molecule has 4 heterocycles. The zero-order valence-electron chi connectivity index (χ0n) is 16.7. The summed E-state index contributed by atoms with van der Waals surface area (Å²) in [5.74, 6) is 7.63. The Morgan fingerprint density at radius 2 is 1.94 bits per heavy atom. The van der Waals surface area contributed by atoms with Gasteiger partial charge in [-0.25, -0.2) is 15.0 Å². The summed E-state index contributed by atoms with van der Waals surface area (Å²) in [4.78, 5) is 12.7. The van der Waals surface area contributed by atoms with Crippen LogP contribution in [0.3, 0.4) is 0 Å². The maximum absolute atomic E-state index is 6.29. The molecule has 0 spiro atoms. The summed E-state index contributed by atoms with van der Waals surface area (Å²) >= 11 is 6.29. The van der Waals surface area contributed by atoms with Gasteiger partial charge in [0.05, 0.1) is 30.6 Å². The monoisotopic (exact) mass is 433 g/mol. The number of methoxy groups -OCH3 is 2. The van der Waals surface area contributed by atoms with E-state index in [2.05, 4.69) is 37.0 Å². The van der Waals surface area contributed by atoms with Gasteiger partial charge in [-0.05, 0) is 24.1 Å². The molecule has 1 aliphatic rings. The van der Waals surface area contributed by atoms with Crippen molar-refractivity contribution in [2.45, 2.75) is 13.2 Å². The van der Waals surface area contributed by atoms with Crippen molar-refractivity contribution < 1.29 is 9.47 Å². The molecule has 1 aliphatic heterocycles. The van der Waals surface area contributed by atoms with E-state index in [1.54, 1.807) is 25.8 Å². The third-order valence-electron chi connectivity index (χ3n) is 4.87. The molecular formula is C21H16ClN7O2. The Morgan fingerprint density at radius 1 is 1.10 bits per heavy atom. The number of imidazole rings is 1. The molecule has 0 aliphatic carbocycles. The van der Waals surface area contributed by atoms with E-state index in [9.17, 15) is 0 Å². The number of hydrogen-bond acceptors (Lipinski definition) is 7. The average molecular weight is 434 g/mol. The number of rotatable bonds is 3. The van der Waals surface area contributed by atoms with Crippen LogP contribution in [-0.2, 0) is 17.9 Å². The molecule has 0 unspecified atom stereocenters. The highest BCUT2D eigenvalue weighted by Gasteiger charge is 2.25. The highest BCUT2D eigenvalue weighted by atomic mass is 35.5. The Bertz CT molecular complexity index is 1330. The quantitative estimate of drug-likeness (QED) is 0.403. The van der Waals surface area contributed by atoms with Gasteiger partial charge >= 0.3 is 6.01 Å². The molecular weight excluding hydrogens is 418 g/mol. The van der Waals surface area contributed by atoms with E-state index in [-0.39, 0.29) is 0 Å². The van der Waals surface area contributed by atoms with Gasteiger partial charge in [0.25, 0.3) is 0 Å². The fraction of sp³-hybridized carbons (Fsp3) is 0.190. The normalized spacial score (nSPS) is 11.6.